The summed E-state index contributed by atoms with van der Waals surface area (Å²) >= 11 is 2.79. The third kappa shape index (κ3) is 4.83. The number of Topliss-reactive ketones (excluding diaryl/α,β-unsaturated/α-hetero) is 2. The Morgan fingerprint density at radius 3 is 2.65 bits per heavy atom. The highest BCUT2D eigenvalue weighted by Crippen LogP contribution is 2.26. The van der Waals surface area contributed by atoms with Crippen molar-refractivity contribution in [1.29, 1.82) is 0 Å². The van der Waals surface area contributed by atoms with Crippen molar-refractivity contribution in [3.63, 3.8) is 0 Å². The molecule has 1 amide bonds. The monoisotopic (exact) mass is 386 g/mol. The zero-order valence-electron chi connectivity index (χ0n) is 14.3. The van der Waals surface area contributed by atoms with Crippen LogP contribution in [0.25, 0.3) is 10.2 Å². The molecule has 1 N–H and O–H groups in total. The van der Waals surface area contributed by atoms with Gasteiger partial charge in [0.15, 0.2) is 10.9 Å². The number of thiophene rings is 1. The number of anilines is 1. The standard InChI is InChI=1S/C19H18N2O3S2/c1-12-4-7-14-17(11-12)26-19(20-14)21-18(24)9-6-13(22)5-8-15(23)16-3-2-10-25-16/h2-4,7,10-11H,5-6,8-9H2,1H3,(H,20,21,24). The van der Waals surface area contributed by atoms with Crippen LogP contribution in [0.2, 0.25) is 0 Å². The number of fused-ring (bicyclic) bond motifs is 1. The number of carbonyl (C=O) groups is 3. The maximum atomic E-state index is 12.0. The summed E-state index contributed by atoms with van der Waals surface area (Å²) in [4.78, 5) is 40.8. The van der Waals surface area contributed by atoms with Crippen molar-refractivity contribution < 1.29 is 14.4 Å². The molecule has 0 bridgehead atoms. The first-order valence-electron chi connectivity index (χ1n) is 8.27. The number of aryl methyl sites for hydroxylation is 1. The van der Waals surface area contributed by atoms with Crippen LogP contribution in [0.15, 0.2) is 35.7 Å². The molecule has 3 rings (SSSR count). The zero-order chi connectivity index (χ0) is 18.5. The Morgan fingerprint density at radius 2 is 1.88 bits per heavy atom. The van der Waals surface area contributed by atoms with E-state index in [1.54, 1.807) is 6.07 Å². The van der Waals surface area contributed by atoms with Crippen molar-refractivity contribution in [2.45, 2.75) is 32.6 Å². The molecule has 0 aliphatic rings. The van der Waals surface area contributed by atoms with E-state index in [9.17, 15) is 14.4 Å². The molecule has 0 saturated heterocycles. The Kier molecular flexibility index (Phi) is 5.90. The summed E-state index contributed by atoms with van der Waals surface area (Å²) in [7, 11) is 0. The largest absolute Gasteiger partial charge is 0.302 e. The molecule has 0 atom stereocenters. The van der Waals surface area contributed by atoms with Crippen LogP contribution in [0.4, 0.5) is 5.13 Å². The van der Waals surface area contributed by atoms with E-state index in [-0.39, 0.29) is 43.2 Å². The summed E-state index contributed by atoms with van der Waals surface area (Å²) in [6.07, 6.45) is 0.594. The number of hydrogen-bond donors (Lipinski definition) is 1. The molecule has 2 aromatic heterocycles. The van der Waals surface area contributed by atoms with Gasteiger partial charge >= 0.3 is 0 Å². The van der Waals surface area contributed by atoms with Gasteiger partial charge in [0.25, 0.3) is 0 Å². The third-order valence-corrected chi connectivity index (χ3v) is 5.69. The van der Waals surface area contributed by atoms with E-state index in [1.165, 1.54) is 22.7 Å². The van der Waals surface area contributed by atoms with Gasteiger partial charge in [-0.3, -0.25) is 14.4 Å². The van der Waals surface area contributed by atoms with Crippen molar-refractivity contribution >= 4 is 55.5 Å². The highest BCUT2D eigenvalue weighted by atomic mass is 32.1. The fourth-order valence-electron chi connectivity index (χ4n) is 2.46. The van der Waals surface area contributed by atoms with E-state index in [2.05, 4.69) is 10.3 Å². The number of amides is 1. The van der Waals surface area contributed by atoms with Crippen LogP contribution in [0.3, 0.4) is 0 Å². The molecule has 3 aromatic rings. The summed E-state index contributed by atoms with van der Waals surface area (Å²) in [5, 5.41) is 5.12. The molecule has 7 heteroatoms. The molecule has 5 nitrogen and oxygen atoms in total. The van der Waals surface area contributed by atoms with Crippen LogP contribution < -0.4 is 5.32 Å². The molecule has 2 heterocycles. The van der Waals surface area contributed by atoms with Crippen LogP contribution in [0.1, 0.15) is 40.9 Å². The number of ketones is 2. The molecule has 0 spiro atoms. The first kappa shape index (κ1) is 18.4. The normalized spacial score (nSPS) is 10.8. The fourth-order valence-corrected chi connectivity index (χ4v) is 4.13. The number of nitrogens with zero attached hydrogens (tertiary/aromatic N) is 1. The summed E-state index contributed by atoms with van der Waals surface area (Å²) in [5.41, 5.74) is 1.99. The number of benzene rings is 1. The molecule has 134 valence electrons. The smallest absolute Gasteiger partial charge is 0.226 e. The number of rotatable bonds is 8. The molecule has 1 aromatic carbocycles. The number of carbonyl (C=O) groups excluding carboxylic acids is 3. The molecule has 0 aliphatic carbocycles. The summed E-state index contributed by atoms with van der Waals surface area (Å²) in [5.74, 6) is -0.341. The van der Waals surface area contributed by atoms with Crippen molar-refractivity contribution in [2.75, 3.05) is 5.32 Å². The lowest BCUT2D eigenvalue weighted by Gasteiger charge is -2.01. The van der Waals surface area contributed by atoms with Crippen LogP contribution in [0, 0.1) is 6.92 Å². The molecule has 26 heavy (non-hydrogen) atoms. The molecular formula is C19H18N2O3S2. The van der Waals surface area contributed by atoms with Gasteiger partial charge in [0, 0.05) is 25.7 Å². The maximum Gasteiger partial charge on any atom is 0.226 e. The van der Waals surface area contributed by atoms with Crippen molar-refractivity contribution in [3.05, 3.63) is 46.2 Å². The quantitative estimate of drug-likeness (QED) is 0.573. The second kappa shape index (κ2) is 8.33. The zero-order valence-corrected chi connectivity index (χ0v) is 15.9. The highest BCUT2D eigenvalue weighted by Gasteiger charge is 2.13. The van der Waals surface area contributed by atoms with Gasteiger partial charge in [-0.15, -0.1) is 11.3 Å². The van der Waals surface area contributed by atoms with Crippen LogP contribution in [-0.2, 0) is 9.59 Å². The molecular weight excluding hydrogens is 368 g/mol. The van der Waals surface area contributed by atoms with Gasteiger partial charge in [0.05, 0.1) is 15.1 Å². The third-order valence-electron chi connectivity index (χ3n) is 3.85. The van der Waals surface area contributed by atoms with Gasteiger partial charge in [0.1, 0.15) is 5.78 Å². The topological polar surface area (TPSA) is 76.1 Å². The van der Waals surface area contributed by atoms with E-state index in [0.29, 0.717) is 10.0 Å². The van der Waals surface area contributed by atoms with Gasteiger partial charge in [-0.05, 0) is 36.1 Å². The van der Waals surface area contributed by atoms with Gasteiger partial charge in [-0.2, -0.15) is 0 Å². The summed E-state index contributed by atoms with van der Waals surface area (Å²) in [6, 6.07) is 9.49. The minimum Gasteiger partial charge on any atom is -0.302 e. The maximum absolute atomic E-state index is 12.0. The Labute approximate surface area is 159 Å². The summed E-state index contributed by atoms with van der Waals surface area (Å²) in [6.45, 7) is 2.01. The van der Waals surface area contributed by atoms with Gasteiger partial charge < -0.3 is 5.32 Å². The first-order chi connectivity index (χ1) is 12.5. The van der Waals surface area contributed by atoms with E-state index >= 15 is 0 Å². The van der Waals surface area contributed by atoms with E-state index in [0.717, 1.165) is 15.8 Å². The van der Waals surface area contributed by atoms with E-state index in [1.807, 2.05) is 36.6 Å². The predicted molar refractivity (Wildman–Crippen MR) is 105 cm³/mol. The average Bonchev–Trinajstić information content (AvgIpc) is 3.26. The van der Waals surface area contributed by atoms with Gasteiger partial charge in [0.2, 0.25) is 5.91 Å². The molecule has 0 aliphatic heterocycles. The van der Waals surface area contributed by atoms with E-state index in [4.69, 9.17) is 0 Å². The minimum atomic E-state index is -0.237. The number of hydrogen-bond acceptors (Lipinski definition) is 6. The Bertz CT molecular complexity index is 945. The van der Waals surface area contributed by atoms with Crippen LogP contribution >= 0.6 is 22.7 Å². The molecule has 0 radical (unpaired) electrons. The lowest BCUT2D eigenvalue weighted by molar-refractivity contribution is -0.122. The molecule has 0 saturated carbocycles. The summed E-state index contributed by atoms with van der Waals surface area (Å²) < 4.78 is 1.02. The number of aromatic nitrogens is 1. The van der Waals surface area contributed by atoms with Crippen molar-refractivity contribution in [1.82, 2.24) is 4.98 Å². The second-order valence-electron chi connectivity index (χ2n) is 5.98. The lowest BCUT2D eigenvalue weighted by atomic mass is 10.1. The lowest BCUT2D eigenvalue weighted by Crippen LogP contribution is -2.13. The fraction of sp³-hybridized carbons (Fsp3) is 0.263. The highest BCUT2D eigenvalue weighted by molar-refractivity contribution is 7.22. The number of thiazole rings is 1. The Morgan fingerprint density at radius 1 is 1.08 bits per heavy atom. The van der Waals surface area contributed by atoms with Gasteiger partial charge in [-0.25, -0.2) is 4.98 Å². The van der Waals surface area contributed by atoms with E-state index < -0.39 is 0 Å². The van der Waals surface area contributed by atoms with Crippen molar-refractivity contribution in [2.24, 2.45) is 0 Å². The average molecular weight is 386 g/mol. The Hall–Kier alpha value is -2.38. The van der Waals surface area contributed by atoms with Crippen LogP contribution in [-0.4, -0.2) is 22.5 Å². The van der Waals surface area contributed by atoms with Gasteiger partial charge in [-0.1, -0.05) is 23.5 Å². The first-order valence-corrected chi connectivity index (χ1v) is 9.96. The van der Waals surface area contributed by atoms with Crippen LogP contribution in [0.5, 0.6) is 0 Å². The molecule has 0 fully saturated rings. The Balaban J connectivity index is 1.44. The predicted octanol–water partition coefficient (Wildman–Crippen LogP) is 4.62. The SMILES string of the molecule is Cc1ccc2nc(NC(=O)CCC(=O)CCC(=O)c3cccs3)sc2c1. The second-order valence-corrected chi connectivity index (χ2v) is 7.96. The molecule has 0 unspecified atom stereocenters. The number of nitrogens with one attached hydrogen (secondary N) is 1. The minimum absolute atomic E-state index is 0.0254. The van der Waals surface area contributed by atoms with Crippen molar-refractivity contribution in [3.8, 4) is 0 Å².